The Morgan fingerprint density at radius 1 is 1.38 bits per heavy atom. The van der Waals surface area contributed by atoms with E-state index in [1.54, 1.807) is 7.05 Å². The number of rotatable bonds is 5. The fourth-order valence-electron chi connectivity index (χ4n) is 2.38. The summed E-state index contributed by atoms with van der Waals surface area (Å²) in [6.07, 6.45) is 2.95. The minimum Gasteiger partial charge on any atom is -0.361 e. The third-order valence-electron chi connectivity index (χ3n) is 4.09. The van der Waals surface area contributed by atoms with Crippen LogP contribution in [0.5, 0.6) is 0 Å². The summed E-state index contributed by atoms with van der Waals surface area (Å²) in [5.41, 5.74) is 2.60. The first-order valence-corrected chi connectivity index (χ1v) is 7.45. The second-order valence-electron chi connectivity index (χ2n) is 6.05. The first-order valence-electron chi connectivity index (χ1n) is 7.45. The Morgan fingerprint density at radius 2 is 2.05 bits per heavy atom. The lowest BCUT2D eigenvalue weighted by atomic mass is 10.1. The maximum atomic E-state index is 5.38. The van der Waals surface area contributed by atoms with Crippen LogP contribution < -0.4 is 10.6 Å². The van der Waals surface area contributed by atoms with Crippen molar-refractivity contribution in [1.29, 1.82) is 0 Å². The molecule has 2 N–H and O–H groups in total. The lowest BCUT2D eigenvalue weighted by Crippen LogP contribution is -2.39. The zero-order valence-corrected chi connectivity index (χ0v) is 15.9. The van der Waals surface area contributed by atoms with Crippen molar-refractivity contribution < 1.29 is 4.52 Å². The van der Waals surface area contributed by atoms with E-state index in [2.05, 4.69) is 48.5 Å². The van der Waals surface area contributed by atoms with Gasteiger partial charge in [-0.15, -0.1) is 24.0 Å². The number of hydrogen-bond acceptors (Lipinski definition) is 3. The summed E-state index contributed by atoms with van der Waals surface area (Å²) in [6.45, 7) is 9.43. The van der Waals surface area contributed by atoms with E-state index in [1.807, 2.05) is 0 Å². The predicted molar refractivity (Wildman–Crippen MR) is 96.2 cm³/mol. The molecule has 1 unspecified atom stereocenters. The quantitative estimate of drug-likeness (QED) is 0.449. The molecule has 0 amide bonds. The van der Waals surface area contributed by atoms with Crippen molar-refractivity contribution in [1.82, 2.24) is 15.8 Å². The summed E-state index contributed by atoms with van der Waals surface area (Å²) in [5, 5.41) is 11.0. The van der Waals surface area contributed by atoms with Crippen LogP contribution in [0.3, 0.4) is 0 Å². The highest BCUT2D eigenvalue weighted by atomic mass is 127. The maximum Gasteiger partial charge on any atom is 0.191 e. The molecule has 1 heterocycles. The summed E-state index contributed by atoms with van der Waals surface area (Å²) in [7, 11) is 1.81. The van der Waals surface area contributed by atoms with Gasteiger partial charge in [0.05, 0.1) is 5.69 Å². The lowest BCUT2D eigenvalue weighted by Gasteiger charge is -2.13. The number of nitrogens with zero attached hydrogens (tertiary/aromatic N) is 2. The number of aryl methyl sites for hydroxylation is 2. The second-order valence-corrected chi connectivity index (χ2v) is 6.05. The minimum absolute atomic E-state index is 0. The molecule has 21 heavy (non-hydrogen) atoms. The Bertz CT molecular complexity index is 474. The van der Waals surface area contributed by atoms with Crippen LogP contribution in [-0.4, -0.2) is 24.2 Å². The van der Waals surface area contributed by atoms with Crippen molar-refractivity contribution in [3.8, 4) is 0 Å². The first kappa shape index (κ1) is 18.3. The summed E-state index contributed by atoms with van der Waals surface area (Å²) in [4.78, 5) is 4.29. The van der Waals surface area contributed by atoms with Crippen LogP contribution >= 0.6 is 24.0 Å². The molecule has 1 aromatic heterocycles. The molecule has 0 spiro atoms. The van der Waals surface area contributed by atoms with Gasteiger partial charge in [-0.1, -0.05) is 32.9 Å². The van der Waals surface area contributed by atoms with Crippen LogP contribution in [0.25, 0.3) is 0 Å². The molecule has 0 aromatic carbocycles. The van der Waals surface area contributed by atoms with Crippen molar-refractivity contribution in [2.24, 2.45) is 10.4 Å². The third kappa shape index (κ3) is 4.34. The molecular formula is C15H27IN4O. The monoisotopic (exact) mass is 406 g/mol. The zero-order valence-electron chi connectivity index (χ0n) is 13.6. The molecule has 6 heteroatoms. The summed E-state index contributed by atoms with van der Waals surface area (Å²) in [6, 6.07) is 0.521. The molecular weight excluding hydrogens is 379 g/mol. The Morgan fingerprint density at radius 3 is 2.52 bits per heavy atom. The number of hydrogen-bond donors (Lipinski definition) is 2. The van der Waals surface area contributed by atoms with Gasteiger partial charge in [-0.25, -0.2) is 0 Å². The normalized spacial score (nSPS) is 19.9. The number of aromatic nitrogens is 1. The molecule has 120 valence electrons. The van der Waals surface area contributed by atoms with E-state index >= 15 is 0 Å². The largest absolute Gasteiger partial charge is 0.361 e. The van der Waals surface area contributed by atoms with Gasteiger partial charge in [0.2, 0.25) is 0 Å². The van der Waals surface area contributed by atoms with Gasteiger partial charge in [0.25, 0.3) is 0 Å². The second kappa shape index (κ2) is 7.47. The lowest BCUT2D eigenvalue weighted by molar-refractivity contribution is 0.380. The van der Waals surface area contributed by atoms with Crippen LogP contribution in [0.15, 0.2) is 9.52 Å². The van der Waals surface area contributed by atoms with Gasteiger partial charge >= 0.3 is 0 Å². The number of nitrogens with one attached hydrogen (secondary N) is 2. The molecule has 1 aliphatic carbocycles. The minimum atomic E-state index is 0. The van der Waals surface area contributed by atoms with E-state index in [9.17, 15) is 0 Å². The Balaban J connectivity index is 0.00000220. The van der Waals surface area contributed by atoms with Crippen LogP contribution in [0.4, 0.5) is 0 Å². The summed E-state index contributed by atoms with van der Waals surface area (Å²) >= 11 is 0. The molecule has 1 aliphatic rings. The van der Waals surface area contributed by atoms with Crippen molar-refractivity contribution in [3.63, 3.8) is 0 Å². The fraction of sp³-hybridized carbons (Fsp3) is 0.733. The van der Waals surface area contributed by atoms with Gasteiger partial charge in [0.15, 0.2) is 5.96 Å². The van der Waals surface area contributed by atoms with Gasteiger partial charge in [-0.2, -0.15) is 0 Å². The van der Waals surface area contributed by atoms with Crippen molar-refractivity contribution in [2.75, 3.05) is 7.05 Å². The molecule has 1 fully saturated rings. The van der Waals surface area contributed by atoms with E-state index < -0.39 is 0 Å². The topological polar surface area (TPSA) is 62.5 Å². The van der Waals surface area contributed by atoms with Gasteiger partial charge in [-0.05, 0) is 18.3 Å². The first-order chi connectivity index (χ1) is 9.51. The van der Waals surface area contributed by atoms with Crippen molar-refractivity contribution in [2.45, 2.75) is 59.5 Å². The van der Waals surface area contributed by atoms with Gasteiger partial charge in [-0.3, -0.25) is 4.99 Å². The van der Waals surface area contributed by atoms with Crippen LogP contribution in [-0.2, 0) is 19.4 Å². The molecule has 2 rings (SSSR count). The maximum absolute atomic E-state index is 5.38. The van der Waals surface area contributed by atoms with Crippen molar-refractivity contribution >= 4 is 29.9 Å². The Labute approximate surface area is 144 Å². The van der Waals surface area contributed by atoms with Crippen molar-refractivity contribution in [3.05, 3.63) is 17.0 Å². The van der Waals surface area contributed by atoms with Gasteiger partial charge < -0.3 is 15.2 Å². The highest BCUT2D eigenvalue weighted by Crippen LogP contribution is 2.44. The molecule has 0 radical (unpaired) electrons. The van der Waals surface area contributed by atoms with Gasteiger partial charge in [0.1, 0.15) is 5.76 Å². The SMILES string of the molecule is CCc1noc(CC)c1CNC(=NC)NC1CC1(C)C.I. The van der Waals surface area contributed by atoms with E-state index in [0.29, 0.717) is 18.0 Å². The molecule has 1 aromatic rings. The van der Waals surface area contributed by atoms with Gasteiger partial charge in [0, 0.05) is 31.6 Å². The number of halogens is 1. The highest BCUT2D eigenvalue weighted by Gasteiger charge is 2.46. The van der Waals surface area contributed by atoms with E-state index in [4.69, 9.17) is 4.52 Å². The summed E-state index contributed by atoms with van der Waals surface area (Å²) < 4.78 is 5.38. The zero-order chi connectivity index (χ0) is 14.8. The molecule has 5 nitrogen and oxygen atoms in total. The van der Waals surface area contributed by atoms with Crippen LogP contribution in [0, 0.1) is 5.41 Å². The average Bonchev–Trinajstić information content (AvgIpc) is 2.87. The fourth-order valence-corrected chi connectivity index (χ4v) is 2.38. The van der Waals surface area contributed by atoms with E-state index in [1.165, 1.54) is 12.0 Å². The van der Waals surface area contributed by atoms with Crippen LogP contribution in [0.1, 0.15) is 51.1 Å². The summed E-state index contributed by atoms with van der Waals surface area (Å²) in [5.74, 6) is 1.82. The molecule has 1 saturated carbocycles. The number of guanidine groups is 1. The number of aliphatic imine (C=N–C) groups is 1. The highest BCUT2D eigenvalue weighted by molar-refractivity contribution is 14.0. The molecule has 0 saturated heterocycles. The molecule has 0 aliphatic heterocycles. The predicted octanol–water partition coefficient (Wildman–Crippen LogP) is 2.88. The van der Waals surface area contributed by atoms with E-state index in [0.717, 1.165) is 30.3 Å². The molecule has 1 atom stereocenters. The average molecular weight is 406 g/mol. The Kier molecular flexibility index (Phi) is 6.49. The van der Waals surface area contributed by atoms with E-state index in [-0.39, 0.29) is 24.0 Å². The van der Waals surface area contributed by atoms with Crippen LogP contribution in [0.2, 0.25) is 0 Å². The standard InChI is InChI=1S/C15H26N4O.HI/c1-6-11-10(12(7-2)20-19-11)9-17-14(16-5)18-13-8-15(13,3)4;/h13H,6-9H2,1-5H3,(H2,16,17,18);1H. The molecule has 0 bridgehead atoms. The Hall–Kier alpha value is -0.790. The smallest absolute Gasteiger partial charge is 0.191 e. The third-order valence-corrected chi connectivity index (χ3v) is 4.09.